The maximum absolute atomic E-state index is 13.5. The van der Waals surface area contributed by atoms with Gasteiger partial charge in [0.25, 0.3) is 0 Å². The molecule has 0 radical (unpaired) electrons. The molecule has 1 aromatic rings. The van der Waals surface area contributed by atoms with Crippen molar-refractivity contribution in [1.82, 2.24) is 9.78 Å². The van der Waals surface area contributed by atoms with E-state index in [-0.39, 0.29) is 11.5 Å². The molecule has 4 heteroatoms. The van der Waals surface area contributed by atoms with E-state index in [1.165, 1.54) is 19.3 Å². The molecule has 4 aliphatic rings. The molecule has 4 saturated carbocycles. The van der Waals surface area contributed by atoms with Crippen molar-refractivity contribution in [3.8, 4) is 0 Å². The van der Waals surface area contributed by atoms with E-state index in [0.29, 0.717) is 29.0 Å². The van der Waals surface area contributed by atoms with Crippen molar-refractivity contribution >= 4 is 11.9 Å². The van der Waals surface area contributed by atoms with Crippen LogP contribution in [0.1, 0.15) is 77.7 Å². The Bertz CT molecular complexity index is 842. The summed E-state index contributed by atoms with van der Waals surface area (Å²) in [6.45, 7) is 7.71. The first kappa shape index (κ1) is 19.5. The summed E-state index contributed by atoms with van der Waals surface area (Å²) in [5, 5.41) is 14.6. The molecule has 1 aromatic heterocycles. The molecule has 29 heavy (non-hydrogen) atoms. The van der Waals surface area contributed by atoms with Crippen LogP contribution in [0.5, 0.6) is 0 Å². The number of carbonyl (C=O) groups is 1. The number of allylic oxidation sites excluding steroid dienone is 1. The van der Waals surface area contributed by atoms with Gasteiger partial charge in [-0.25, -0.2) is 0 Å². The minimum Gasteiger partial charge on any atom is -0.393 e. The van der Waals surface area contributed by atoms with Gasteiger partial charge in [-0.3, -0.25) is 9.48 Å². The van der Waals surface area contributed by atoms with Crippen LogP contribution in [-0.4, -0.2) is 26.8 Å². The third kappa shape index (κ3) is 2.89. The molecule has 0 aromatic carbocycles. The highest BCUT2D eigenvalue weighted by Gasteiger charge is 2.61. The number of ketones is 1. The fraction of sp³-hybridized carbons (Fsp3) is 0.760. The van der Waals surface area contributed by atoms with Gasteiger partial charge in [0.2, 0.25) is 0 Å². The van der Waals surface area contributed by atoms with Gasteiger partial charge >= 0.3 is 0 Å². The van der Waals surface area contributed by atoms with Crippen LogP contribution in [0.15, 0.2) is 18.0 Å². The molecule has 0 saturated heterocycles. The Morgan fingerprint density at radius 1 is 1.21 bits per heavy atom. The third-order valence-electron chi connectivity index (χ3n) is 9.60. The molecule has 0 amide bonds. The van der Waals surface area contributed by atoms with E-state index in [2.05, 4.69) is 31.9 Å². The SMILES string of the molecule is CCn1cc(/C=C2\C[C@@H]3[C@H]4CC[C@H]5C[C@H](O)CC[C@]5(C)[C@@H]4CC[C@]3(C)C2=O)cn1. The summed E-state index contributed by atoms with van der Waals surface area (Å²) in [6.07, 6.45) is 14.7. The van der Waals surface area contributed by atoms with Crippen molar-refractivity contribution in [3.05, 3.63) is 23.5 Å². The number of rotatable bonds is 2. The lowest BCUT2D eigenvalue weighted by Crippen LogP contribution is -2.54. The fourth-order valence-electron chi connectivity index (χ4n) is 7.86. The van der Waals surface area contributed by atoms with Gasteiger partial charge in [0.1, 0.15) is 0 Å². The molecule has 158 valence electrons. The standard InChI is InChI=1S/C25H36N2O2/c1-4-27-15-16(14-26-27)11-17-12-22-20-6-5-18-13-19(28)7-9-24(18,2)21(20)8-10-25(22,3)23(17)29/h11,14-15,18-22,28H,4-10,12-13H2,1-3H3/b17-11+/t18-,19+,20-,21+,22+,24-,25-/m0/s1. The number of aliphatic hydroxyl groups excluding tert-OH is 1. The highest BCUT2D eigenvalue weighted by molar-refractivity contribution is 6.05. The minimum atomic E-state index is -0.175. The second-order valence-electron chi connectivity index (χ2n) is 10.9. The second kappa shape index (κ2) is 6.80. The van der Waals surface area contributed by atoms with E-state index in [1.807, 2.05) is 17.1 Å². The lowest BCUT2D eigenvalue weighted by molar-refractivity contribution is -0.141. The highest BCUT2D eigenvalue weighted by Crippen LogP contribution is 2.66. The van der Waals surface area contributed by atoms with Gasteiger partial charge in [0.05, 0.1) is 12.3 Å². The first-order valence-electron chi connectivity index (χ1n) is 11.8. The van der Waals surface area contributed by atoms with Crippen LogP contribution >= 0.6 is 0 Å². The number of hydrogen-bond acceptors (Lipinski definition) is 3. The Balaban J connectivity index is 1.43. The van der Waals surface area contributed by atoms with Crippen molar-refractivity contribution in [1.29, 1.82) is 0 Å². The Hall–Kier alpha value is -1.42. The van der Waals surface area contributed by atoms with E-state index in [1.54, 1.807) is 0 Å². The fourth-order valence-corrected chi connectivity index (χ4v) is 7.86. The molecule has 1 N–H and O–H groups in total. The lowest BCUT2D eigenvalue weighted by atomic mass is 9.45. The maximum atomic E-state index is 13.5. The molecule has 4 fully saturated rings. The molecule has 5 rings (SSSR count). The number of aliphatic hydroxyl groups is 1. The molecule has 0 aliphatic heterocycles. The van der Waals surface area contributed by atoms with Gasteiger partial charge in [0.15, 0.2) is 5.78 Å². The van der Waals surface area contributed by atoms with Crippen molar-refractivity contribution in [3.63, 3.8) is 0 Å². The van der Waals surface area contributed by atoms with Crippen molar-refractivity contribution in [2.24, 2.45) is 34.5 Å². The third-order valence-corrected chi connectivity index (χ3v) is 9.60. The predicted octanol–water partition coefficient (Wildman–Crippen LogP) is 4.87. The monoisotopic (exact) mass is 396 g/mol. The smallest absolute Gasteiger partial charge is 0.165 e. The summed E-state index contributed by atoms with van der Waals surface area (Å²) in [7, 11) is 0. The predicted molar refractivity (Wildman–Crippen MR) is 114 cm³/mol. The molecule has 7 atom stereocenters. The van der Waals surface area contributed by atoms with Crippen LogP contribution in [0, 0.1) is 34.5 Å². The summed E-state index contributed by atoms with van der Waals surface area (Å²) in [6, 6.07) is 0. The molecule has 0 unspecified atom stereocenters. The summed E-state index contributed by atoms with van der Waals surface area (Å²) < 4.78 is 1.93. The van der Waals surface area contributed by atoms with E-state index in [9.17, 15) is 9.90 Å². The Labute approximate surface area is 174 Å². The summed E-state index contributed by atoms with van der Waals surface area (Å²) in [4.78, 5) is 13.5. The Morgan fingerprint density at radius 2 is 2.03 bits per heavy atom. The zero-order valence-electron chi connectivity index (χ0n) is 18.2. The Kier molecular flexibility index (Phi) is 4.58. The topological polar surface area (TPSA) is 55.1 Å². The number of aryl methyl sites for hydroxylation is 1. The Morgan fingerprint density at radius 3 is 2.79 bits per heavy atom. The maximum Gasteiger partial charge on any atom is 0.165 e. The number of nitrogens with zero attached hydrogens (tertiary/aromatic N) is 2. The molecule has 1 heterocycles. The van der Waals surface area contributed by atoms with Crippen LogP contribution in [0.3, 0.4) is 0 Å². The van der Waals surface area contributed by atoms with Gasteiger partial charge in [-0.1, -0.05) is 13.8 Å². The van der Waals surface area contributed by atoms with Crippen LogP contribution in [0.4, 0.5) is 0 Å². The minimum absolute atomic E-state index is 0.0925. The van der Waals surface area contributed by atoms with E-state index >= 15 is 0 Å². The van der Waals surface area contributed by atoms with Crippen LogP contribution in [0.2, 0.25) is 0 Å². The van der Waals surface area contributed by atoms with E-state index in [4.69, 9.17) is 0 Å². The largest absolute Gasteiger partial charge is 0.393 e. The molecule has 0 bridgehead atoms. The molecule has 4 nitrogen and oxygen atoms in total. The zero-order chi connectivity index (χ0) is 20.4. The van der Waals surface area contributed by atoms with Crippen LogP contribution in [-0.2, 0) is 11.3 Å². The summed E-state index contributed by atoms with van der Waals surface area (Å²) in [5.41, 5.74) is 2.28. The van der Waals surface area contributed by atoms with Crippen molar-refractivity contribution in [2.45, 2.75) is 84.8 Å². The number of carbonyl (C=O) groups excluding carboxylic acids is 1. The second-order valence-corrected chi connectivity index (χ2v) is 10.9. The molecule has 4 aliphatic carbocycles. The highest BCUT2D eigenvalue weighted by atomic mass is 16.3. The average Bonchev–Trinajstić information content (AvgIpc) is 3.26. The average molecular weight is 397 g/mol. The first-order chi connectivity index (χ1) is 13.8. The first-order valence-corrected chi connectivity index (χ1v) is 11.8. The van der Waals surface area contributed by atoms with Gasteiger partial charge in [-0.05, 0) is 99.0 Å². The van der Waals surface area contributed by atoms with Gasteiger partial charge in [-0.2, -0.15) is 5.10 Å². The van der Waals surface area contributed by atoms with Crippen molar-refractivity contribution in [2.75, 3.05) is 0 Å². The lowest BCUT2D eigenvalue weighted by Gasteiger charge is -2.59. The summed E-state index contributed by atoms with van der Waals surface area (Å²) in [5.74, 6) is 2.95. The molecular formula is C25H36N2O2. The molecular weight excluding hydrogens is 360 g/mol. The van der Waals surface area contributed by atoms with Gasteiger partial charge in [-0.15, -0.1) is 0 Å². The van der Waals surface area contributed by atoms with Crippen molar-refractivity contribution < 1.29 is 9.90 Å². The number of fused-ring (bicyclic) bond motifs is 5. The van der Waals surface area contributed by atoms with E-state index < -0.39 is 0 Å². The quantitative estimate of drug-likeness (QED) is 0.726. The van der Waals surface area contributed by atoms with Gasteiger partial charge < -0.3 is 5.11 Å². The van der Waals surface area contributed by atoms with Gasteiger partial charge in [0, 0.05) is 23.7 Å². The zero-order valence-corrected chi connectivity index (χ0v) is 18.2. The van der Waals surface area contributed by atoms with E-state index in [0.717, 1.165) is 55.7 Å². The van der Waals surface area contributed by atoms with Crippen LogP contribution in [0.25, 0.3) is 6.08 Å². The normalized spacial score (nSPS) is 45.7. The summed E-state index contributed by atoms with van der Waals surface area (Å²) >= 11 is 0. The number of hydrogen-bond donors (Lipinski definition) is 1. The van der Waals surface area contributed by atoms with Crippen LogP contribution < -0.4 is 0 Å². The number of aromatic nitrogens is 2. The number of Topliss-reactive ketones (excluding diaryl/α,β-unsaturated/α-hetero) is 1. The molecule has 0 spiro atoms.